The fraction of sp³-hybridized carbons (Fsp3) is 0.286. The Kier molecular flexibility index (Phi) is 8.88. The number of halogens is 1. The van der Waals surface area contributed by atoms with Crippen LogP contribution >= 0.6 is 11.8 Å². The number of thioether (sulfide) groups is 1. The van der Waals surface area contributed by atoms with Crippen molar-refractivity contribution in [2.45, 2.75) is 50.2 Å². The molecule has 178 valence electrons. The van der Waals surface area contributed by atoms with Gasteiger partial charge >= 0.3 is 0 Å². The van der Waals surface area contributed by atoms with E-state index >= 15 is 0 Å². The molecule has 1 unspecified atom stereocenters. The molecule has 0 bridgehead atoms. The highest BCUT2D eigenvalue weighted by Crippen LogP contribution is 2.22. The average Bonchev–Trinajstić information content (AvgIpc) is 2.81. The molecule has 4 nitrogen and oxygen atoms in total. The van der Waals surface area contributed by atoms with E-state index in [2.05, 4.69) is 5.32 Å². The first kappa shape index (κ1) is 25.5. The summed E-state index contributed by atoms with van der Waals surface area (Å²) in [5.74, 6) is -0.731. The van der Waals surface area contributed by atoms with Gasteiger partial charge in [-0.1, -0.05) is 66.7 Å². The van der Waals surface area contributed by atoms with E-state index < -0.39 is 17.4 Å². The molecule has 1 N–H and O–H groups in total. The van der Waals surface area contributed by atoms with E-state index in [1.807, 2.05) is 81.4 Å². The molecule has 2 amide bonds. The minimum absolute atomic E-state index is 0.00984. The number of amides is 2. The number of carbonyl (C=O) groups excluding carboxylic acids is 2. The molecule has 0 aliphatic heterocycles. The first-order chi connectivity index (χ1) is 16.2. The van der Waals surface area contributed by atoms with Crippen LogP contribution in [0.25, 0.3) is 0 Å². The fourth-order valence-electron chi connectivity index (χ4n) is 3.56. The van der Waals surface area contributed by atoms with Gasteiger partial charge in [0.15, 0.2) is 0 Å². The first-order valence-corrected chi connectivity index (χ1v) is 12.3. The maximum absolute atomic E-state index is 14.6. The largest absolute Gasteiger partial charge is 0.350 e. The summed E-state index contributed by atoms with van der Waals surface area (Å²) in [6.07, 6.45) is 0.332. The highest BCUT2D eigenvalue weighted by atomic mass is 32.2. The zero-order chi connectivity index (χ0) is 24.6. The summed E-state index contributed by atoms with van der Waals surface area (Å²) < 4.78 is 14.6. The summed E-state index contributed by atoms with van der Waals surface area (Å²) in [5.41, 5.74) is 0.832. The van der Waals surface area contributed by atoms with Crippen LogP contribution in [-0.2, 0) is 22.6 Å². The summed E-state index contributed by atoms with van der Waals surface area (Å²) in [6, 6.07) is 24.8. The summed E-state index contributed by atoms with van der Waals surface area (Å²) >= 11 is 1.40. The Morgan fingerprint density at radius 2 is 1.50 bits per heavy atom. The van der Waals surface area contributed by atoms with Crippen molar-refractivity contribution in [1.82, 2.24) is 10.2 Å². The standard InChI is InChI=1S/C28H31FN2O2S/c1-28(2,3)30-27(33)25(18-21-12-6-4-7-13-21)31(19-22-14-10-11-17-24(22)29)26(32)20-34-23-15-8-5-9-16-23/h4-17,25H,18-20H2,1-3H3,(H,30,33). The molecule has 0 heterocycles. The van der Waals surface area contributed by atoms with Crippen molar-refractivity contribution in [1.29, 1.82) is 0 Å². The molecular formula is C28H31FN2O2S. The fourth-order valence-corrected chi connectivity index (χ4v) is 4.37. The van der Waals surface area contributed by atoms with Gasteiger partial charge in [0.05, 0.1) is 5.75 Å². The van der Waals surface area contributed by atoms with Gasteiger partial charge < -0.3 is 10.2 Å². The van der Waals surface area contributed by atoms with E-state index in [4.69, 9.17) is 0 Å². The highest BCUT2D eigenvalue weighted by molar-refractivity contribution is 8.00. The molecule has 0 aliphatic rings. The Hall–Kier alpha value is -3.12. The third-order valence-electron chi connectivity index (χ3n) is 5.17. The van der Waals surface area contributed by atoms with Crippen LogP contribution in [0.1, 0.15) is 31.9 Å². The Balaban J connectivity index is 1.94. The molecule has 3 rings (SSSR count). The van der Waals surface area contributed by atoms with Gasteiger partial charge in [-0.15, -0.1) is 11.8 Å². The molecule has 6 heteroatoms. The number of rotatable bonds is 9. The minimum Gasteiger partial charge on any atom is -0.350 e. The van der Waals surface area contributed by atoms with Crippen LogP contribution in [-0.4, -0.2) is 34.0 Å². The van der Waals surface area contributed by atoms with Gasteiger partial charge in [-0.25, -0.2) is 4.39 Å². The Morgan fingerprint density at radius 1 is 0.912 bits per heavy atom. The van der Waals surface area contributed by atoms with Crippen molar-refractivity contribution in [3.8, 4) is 0 Å². The van der Waals surface area contributed by atoms with Gasteiger partial charge in [0.2, 0.25) is 11.8 Å². The van der Waals surface area contributed by atoms with Crippen LogP contribution in [0.5, 0.6) is 0 Å². The van der Waals surface area contributed by atoms with Gasteiger partial charge in [0.1, 0.15) is 11.9 Å². The van der Waals surface area contributed by atoms with Crippen LogP contribution in [0.15, 0.2) is 89.8 Å². The van der Waals surface area contributed by atoms with Gasteiger partial charge in [0, 0.05) is 29.0 Å². The van der Waals surface area contributed by atoms with Crippen molar-refractivity contribution in [2.75, 3.05) is 5.75 Å². The van der Waals surface area contributed by atoms with Crippen molar-refractivity contribution >= 4 is 23.6 Å². The molecule has 0 aromatic heterocycles. The molecule has 0 fully saturated rings. The highest BCUT2D eigenvalue weighted by Gasteiger charge is 2.32. The van der Waals surface area contributed by atoms with Crippen molar-refractivity contribution in [3.05, 3.63) is 102 Å². The van der Waals surface area contributed by atoms with Gasteiger partial charge in [-0.3, -0.25) is 9.59 Å². The Morgan fingerprint density at radius 3 is 2.12 bits per heavy atom. The third-order valence-corrected chi connectivity index (χ3v) is 6.17. The lowest BCUT2D eigenvalue weighted by Crippen LogP contribution is -2.54. The number of hydrogen-bond acceptors (Lipinski definition) is 3. The van der Waals surface area contributed by atoms with Crippen LogP contribution in [0.3, 0.4) is 0 Å². The van der Waals surface area contributed by atoms with E-state index in [0.717, 1.165) is 10.5 Å². The molecule has 1 atom stereocenters. The van der Waals surface area contributed by atoms with Crippen LogP contribution < -0.4 is 5.32 Å². The van der Waals surface area contributed by atoms with E-state index in [0.29, 0.717) is 12.0 Å². The SMILES string of the molecule is CC(C)(C)NC(=O)C(Cc1ccccc1)N(Cc1ccccc1F)C(=O)CSc1ccccc1. The van der Waals surface area contributed by atoms with Crippen molar-refractivity contribution < 1.29 is 14.0 Å². The average molecular weight is 479 g/mol. The van der Waals surface area contributed by atoms with Gasteiger partial charge in [-0.05, 0) is 44.5 Å². The lowest BCUT2D eigenvalue weighted by Gasteiger charge is -2.34. The smallest absolute Gasteiger partial charge is 0.243 e. The topological polar surface area (TPSA) is 49.4 Å². The van der Waals surface area contributed by atoms with Crippen LogP contribution in [0.4, 0.5) is 4.39 Å². The second-order valence-electron chi connectivity index (χ2n) is 9.16. The predicted molar refractivity (Wildman–Crippen MR) is 136 cm³/mol. The monoisotopic (exact) mass is 478 g/mol. The molecule has 34 heavy (non-hydrogen) atoms. The molecular weight excluding hydrogens is 447 g/mol. The van der Waals surface area contributed by atoms with E-state index in [1.165, 1.54) is 22.7 Å². The Labute approximate surface area is 205 Å². The third kappa shape index (κ3) is 7.73. The molecule has 0 radical (unpaired) electrons. The first-order valence-electron chi connectivity index (χ1n) is 11.3. The van der Waals surface area contributed by atoms with Gasteiger partial charge in [-0.2, -0.15) is 0 Å². The van der Waals surface area contributed by atoms with E-state index in [-0.39, 0.29) is 24.1 Å². The van der Waals surface area contributed by atoms with E-state index in [1.54, 1.807) is 18.2 Å². The number of nitrogens with zero attached hydrogens (tertiary/aromatic N) is 1. The summed E-state index contributed by atoms with van der Waals surface area (Å²) in [7, 11) is 0. The second-order valence-corrected chi connectivity index (χ2v) is 10.2. The lowest BCUT2D eigenvalue weighted by molar-refractivity contribution is -0.140. The quantitative estimate of drug-likeness (QED) is 0.415. The molecule has 0 saturated carbocycles. The zero-order valence-electron chi connectivity index (χ0n) is 19.8. The summed E-state index contributed by atoms with van der Waals surface area (Å²) in [5, 5.41) is 3.02. The molecule has 0 aliphatic carbocycles. The maximum atomic E-state index is 14.6. The number of hydrogen-bond donors (Lipinski definition) is 1. The number of nitrogens with one attached hydrogen (secondary N) is 1. The normalized spacial score (nSPS) is 12.1. The minimum atomic E-state index is -0.787. The second kappa shape index (κ2) is 11.8. The molecule has 0 spiro atoms. The van der Waals surface area contributed by atoms with Crippen LogP contribution in [0.2, 0.25) is 0 Å². The van der Waals surface area contributed by atoms with E-state index in [9.17, 15) is 14.0 Å². The summed E-state index contributed by atoms with van der Waals surface area (Å²) in [4.78, 5) is 29.5. The lowest BCUT2D eigenvalue weighted by atomic mass is 10.0. The number of carbonyl (C=O) groups is 2. The molecule has 0 saturated heterocycles. The molecule has 3 aromatic carbocycles. The summed E-state index contributed by atoms with van der Waals surface area (Å²) in [6.45, 7) is 5.71. The van der Waals surface area contributed by atoms with Gasteiger partial charge in [0.25, 0.3) is 0 Å². The van der Waals surface area contributed by atoms with Crippen LogP contribution in [0, 0.1) is 5.82 Å². The molecule has 3 aromatic rings. The van der Waals surface area contributed by atoms with Crippen molar-refractivity contribution in [3.63, 3.8) is 0 Å². The zero-order valence-corrected chi connectivity index (χ0v) is 20.6. The predicted octanol–water partition coefficient (Wildman–Crippen LogP) is 5.47. The number of benzene rings is 3. The Bertz CT molecular complexity index is 1080. The maximum Gasteiger partial charge on any atom is 0.243 e. The van der Waals surface area contributed by atoms with Crippen molar-refractivity contribution in [2.24, 2.45) is 0 Å².